The van der Waals surface area contributed by atoms with Crippen LogP contribution in [0, 0.1) is 30.9 Å². The Morgan fingerprint density at radius 3 is 2.44 bits per heavy atom. The number of aromatic nitrogens is 2. The zero-order valence-corrected chi connectivity index (χ0v) is 16.0. The Morgan fingerprint density at radius 2 is 1.85 bits per heavy atom. The number of hydrazone groups is 1. The zero-order valence-electron chi connectivity index (χ0n) is 15.2. The van der Waals surface area contributed by atoms with Crippen molar-refractivity contribution in [2.24, 2.45) is 5.10 Å². The van der Waals surface area contributed by atoms with Crippen molar-refractivity contribution in [3.63, 3.8) is 0 Å². The highest BCUT2D eigenvalue weighted by Crippen LogP contribution is 2.20. The van der Waals surface area contributed by atoms with Crippen LogP contribution in [0.4, 0.5) is 11.5 Å². The third-order valence-corrected chi connectivity index (χ3v) is 4.10. The summed E-state index contributed by atoms with van der Waals surface area (Å²) in [6.07, 6.45) is 2.91. The van der Waals surface area contributed by atoms with E-state index in [1.807, 2.05) is 6.92 Å². The summed E-state index contributed by atoms with van der Waals surface area (Å²) in [5.41, 5.74) is 8.23. The van der Waals surface area contributed by atoms with Crippen LogP contribution in [0.2, 0.25) is 0 Å². The number of aryl methyl sites for hydroxylation is 2. The molecule has 1 N–H and O–H groups in total. The molecule has 0 spiro atoms. The van der Waals surface area contributed by atoms with E-state index < -0.39 is 4.92 Å². The van der Waals surface area contributed by atoms with Gasteiger partial charge in [0.05, 0.1) is 11.1 Å². The molecule has 0 bridgehead atoms. The molecule has 0 unspecified atom stereocenters. The van der Waals surface area contributed by atoms with E-state index in [9.17, 15) is 10.1 Å². The number of nitro groups is 1. The number of nitrogens with one attached hydrogen (secondary N) is 1. The Morgan fingerprint density at radius 1 is 1.15 bits per heavy atom. The first kappa shape index (κ1) is 20.1. The smallest absolute Gasteiger partial charge is 0.287 e. The second kappa shape index (κ2) is 8.46. The summed E-state index contributed by atoms with van der Waals surface area (Å²) in [7, 11) is 0. The molecular formula is C19H20ClN5O2. The van der Waals surface area contributed by atoms with E-state index in [2.05, 4.69) is 64.3 Å². The van der Waals surface area contributed by atoms with Crippen molar-refractivity contribution in [1.82, 2.24) is 9.55 Å². The molecule has 0 fully saturated rings. The number of benzene rings is 1. The molecule has 0 atom stereocenters. The number of nitrogens with zero attached hydrogens (tertiary/aromatic N) is 4. The third kappa shape index (κ3) is 4.51. The normalized spacial score (nSPS) is 10.6. The summed E-state index contributed by atoms with van der Waals surface area (Å²) in [6.45, 7) is 6.16. The van der Waals surface area contributed by atoms with Gasteiger partial charge in [-0.15, -0.1) is 12.4 Å². The maximum atomic E-state index is 10.6. The van der Waals surface area contributed by atoms with Gasteiger partial charge in [-0.25, -0.2) is 4.98 Å². The molecule has 0 radical (unpaired) electrons. The Kier molecular flexibility index (Phi) is 6.31. The summed E-state index contributed by atoms with van der Waals surface area (Å²) in [6, 6.07) is 13.3. The minimum Gasteiger partial charge on any atom is -0.318 e. The predicted octanol–water partition coefficient (Wildman–Crippen LogP) is 4.57. The topological polar surface area (TPSA) is 85.3 Å². The SMILES string of the molecule is Cc1ccc(-n2c(C)cc(/C=N/Nc3ccc([N+](=O)[O-])cn3)c2C)cc1.Cl. The molecule has 8 heteroatoms. The first-order valence-corrected chi connectivity index (χ1v) is 8.11. The van der Waals surface area contributed by atoms with Gasteiger partial charge in [0.2, 0.25) is 0 Å². The number of anilines is 1. The lowest BCUT2D eigenvalue weighted by molar-refractivity contribution is -0.385. The fourth-order valence-electron chi connectivity index (χ4n) is 2.74. The van der Waals surface area contributed by atoms with E-state index >= 15 is 0 Å². The van der Waals surface area contributed by atoms with E-state index in [1.165, 1.54) is 23.9 Å². The lowest BCUT2D eigenvalue weighted by Gasteiger charge is -2.09. The van der Waals surface area contributed by atoms with Crippen LogP contribution in [0.25, 0.3) is 5.69 Å². The van der Waals surface area contributed by atoms with E-state index in [1.54, 1.807) is 6.21 Å². The number of pyridine rings is 1. The molecule has 0 saturated heterocycles. The fourth-order valence-corrected chi connectivity index (χ4v) is 2.74. The molecule has 2 aromatic heterocycles. The monoisotopic (exact) mass is 385 g/mol. The summed E-state index contributed by atoms with van der Waals surface area (Å²) in [4.78, 5) is 14.1. The number of hydrogen-bond donors (Lipinski definition) is 1. The molecule has 3 rings (SSSR count). The van der Waals surface area contributed by atoms with Crippen LogP contribution in [0.3, 0.4) is 0 Å². The molecule has 2 heterocycles. The third-order valence-electron chi connectivity index (χ3n) is 4.10. The molecule has 3 aromatic rings. The van der Waals surface area contributed by atoms with Crippen molar-refractivity contribution in [2.75, 3.05) is 5.43 Å². The molecule has 7 nitrogen and oxygen atoms in total. The van der Waals surface area contributed by atoms with Crippen LogP contribution in [0.5, 0.6) is 0 Å². The average molecular weight is 386 g/mol. The lowest BCUT2D eigenvalue weighted by Crippen LogP contribution is -2.00. The second-order valence-electron chi connectivity index (χ2n) is 6.03. The van der Waals surface area contributed by atoms with Crippen LogP contribution in [0.15, 0.2) is 53.8 Å². The van der Waals surface area contributed by atoms with Crippen LogP contribution >= 0.6 is 12.4 Å². The first-order chi connectivity index (χ1) is 12.5. The highest BCUT2D eigenvalue weighted by atomic mass is 35.5. The first-order valence-electron chi connectivity index (χ1n) is 8.11. The van der Waals surface area contributed by atoms with Gasteiger partial charge in [0.15, 0.2) is 0 Å². The molecular weight excluding hydrogens is 366 g/mol. The molecule has 0 amide bonds. The lowest BCUT2D eigenvalue weighted by atomic mass is 10.2. The molecule has 0 aliphatic heterocycles. The van der Waals surface area contributed by atoms with Crippen molar-refractivity contribution < 1.29 is 4.92 Å². The minimum absolute atomic E-state index is 0. The minimum atomic E-state index is -0.486. The highest BCUT2D eigenvalue weighted by molar-refractivity contribution is 5.85. The number of hydrogen-bond acceptors (Lipinski definition) is 5. The van der Waals surface area contributed by atoms with Gasteiger partial charge in [-0.2, -0.15) is 5.10 Å². The second-order valence-corrected chi connectivity index (χ2v) is 6.03. The average Bonchev–Trinajstić information content (AvgIpc) is 2.90. The quantitative estimate of drug-likeness (QED) is 0.396. The van der Waals surface area contributed by atoms with Gasteiger partial charge in [0.1, 0.15) is 12.0 Å². The number of rotatable bonds is 5. The van der Waals surface area contributed by atoms with E-state index in [4.69, 9.17) is 0 Å². The van der Waals surface area contributed by atoms with E-state index in [0.29, 0.717) is 5.82 Å². The Balaban J connectivity index is 0.00000261. The molecule has 0 saturated carbocycles. The summed E-state index contributed by atoms with van der Waals surface area (Å²) >= 11 is 0. The zero-order chi connectivity index (χ0) is 18.7. The Bertz CT molecular complexity index is 963. The standard InChI is InChI=1S/C19H19N5O2.ClH/c1-13-4-6-17(7-5-13)23-14(2)10-16(15(23)3)11-21-22-19-9-8-18(12-20-19)24(25)26;/h4-12H,1-3H3,(H,20,22);1H/b21-11+;. The van der Waals surface area contributed by atoms with E-state index in [-0.39, 0.29) is 18.1 Å². The van der Waals surface area contributed by atoms with Gasteiger partial charge < -0.3 is 4.57 Å². The predicted molar refractivity (Wildman–Crippen MR) is 109 cm³/mol. The van der Waals surface area contributed by atoms with Crippen molar-refractivity contribution in [3.8, 4) is 5.69 Å². The van der Waals surface area contributed by atoms with Gasteiger partial charge in [-0.05, 0) is 45.0 Å². The Hall–Kier alpha value is -3.19. The molecule has 0 aliphatic carbocycles. The molecule has 140 valence electrons. The van der Waals surface area contributed by atoms with Gasteiger partial charge in [-0.3, -0.25) is 15.5 Å². The largest absolute Gasteiger partial charge is 0.318 e. The van der Waals surface area contributed by atoms with Crippen molar-refractivity contribution in [1.29, 1.82) is 0 Å². The van der Waals surface area contributed by atoms with Gasteiger partial charge in [0.25, 0.3) is 5.69 Å². The summed E-state index contributed by atoms with van der Waals surface area (Å²) in [5.74, 6) is 0.444. The molecule has 27 heavy (non-hydrogen) atoms. The maximum Gasteiger partial charge on any atom is 0.287 e. The van der Waals surface area contributed by atoms with Crippen molar-refractivity contribution in [3.05, 3.63) is 81.3 Å². The Labute approximate surface area is 163 Å². The van der Waals surface area contributed by atoms with Crippen LogP contribution in [0.1, 0.15) is 22.5 Å². The van der Waals surface area contributed by atoms with Crippen LogP contribution in [-0.4, -0.2) is 20.7 Å². The molecule has 1 aromatic carbocycles. The van der Waals surface area contributed by atoms with Crippen molar-refractivity contribution >= 4 is 30.1 Å². The van der Waals surface area contributed by atoms with Crippen LogP contribution < -0.4 is 5.43 Å². The fraction of sp³-hybridized carbons (Fsp3) is 0.158. The van der Waals surface area contributed by atoms with E-state index in [0.717, 1.165) is 22.6 Å². The molecule has 0 aliphatic rings. The van der Waals surface area contributed by atoms with Gasteiger partial charge in [0, 0.05) is 28.7 Å². The summed E-state index contributed by atoms with van der Waals surface area (Å²) in [5, 5.41) is 14.8. The summed E-state index contributed by atoms with van der Waals surface area (Å²) < 4.78 is 2.17. The van der Waals surface area contributed by atoms with Crippen LogP contribution in [-0.2, 0) is 0 Å². The highest BCUT2D eigenvalue weighted by Gasteiger charge is 2.09. The van der Waals surface area contributed by atoms with Crippen molar-refractivity contribution in [2.45, 2.75) is 20.8 Å². The van der Waals surface area contributed by atoms with Gasteiger partial charge >= 0.3 is 0 Å². The number of halogens is 1. The maximum absolute atomic E-state index is 10.6. The van der Waals surface area contributed by atoms with Gasteiger partial charge in [-0.1, -0.05) is 17.7 Å².